The van der Waals surface area contributed by atoms with E-state index >= 15 is 0 Å². The van der Waals surface area contributed by atoms with E-state index < -0.39 is 5.97 Å². The Kier molecular flexibility index (Phi) is 7.72. The molecule has 0 amide bonds. The molecule has 3 aromatic rings. The van der Waals surface area contributed by atoms with Gasteiger partial charge in [0.1, 0.15) is 5.75 Å². The average molecular weight is 405 g/mol. The summed E-state index contributed by atoms with van der Waals surface area (Å²) in [4.78, 5) is 12.0. The third-order valence-electron chi connectivity index (χ3n) is 4.72. The van der Waals surface area contributed by atoms with E-state index in [2.05, 4.69) is 24.3 Å². The van der Waals surface area contributed by atoms with Crippen LogP contribution in [0.5, 0.6) is 5.75 Å². The molecule has 0 aliphatic heterocycles. The van der Waals surface area contributed by atoms with Crippen molar-refractivity contribution in [2.45, 2.75) is 25.7 Å². The lowest BCUT2D eigenvalue weighted by Gasteiger charge is -2.08. The van der Waals surface area contributed by atoms with Gasteiger partial charge in [0.2, 0.25) is 0 Å². The lowest BCUT2D eigenvalue weighted by molar-refractivity contribution is 0.0497. The van der Waals surface area contributed by atoms with E-state index in [0.717, 1.165) is 31.4 Å². The molecule has 0 heterocycles. The number of benzene rings is 3. The first kappa shape index (κ1) is 21.2. The predicted molar refractivity (Wildman–Crippen MR) is 121 cm³/mol. The number of rotatable bonds is 10. The maximum absolute atomic E-state index is 12.0. The highest BCUT2D eigenvalue weighted by Crippen LogP contribution is 2.22. The third kappa shape index (κ3) is 6.55. The number of esters is 1. The minimum atomic E-state index is -0.392. The van der Waals surface area contributed by atoms with Gasteiger partial charge in [-0.2, -0.15) is 0 Å². The number of unbranched alkanes of at least 4 members (excludes halogenated alkanes) is 3. The summed E-state index contributed by atoms with van der Waals surface area (Å²) >= 11 is 0. The van der Waals surface area contributed by atoms with Crippen LogP contribution in [0.4, 0.5) is 11.4 Å². The van der Waals surface area contributed by atoms with Crippen LogP contribution in [0.1, 0.15) is 36.0 Å². The van der Waals surface area contributed by atoms with Crippen LogP contribution < -0.4 is 16.2 Å². The lowest BCUT2D eigenvalue weighted by atomic mass is 10.1. The van der Waals surface area contributed by atoms with Crippen molar-refractivity contribution < 1.29 is 14.3 Å². The summed E-state index contributed by atoms with van der Waals surface area (Å²) in [6.07, 6.45) is 3.77. The molecule has 0 radical (unpaired) electrons. The Labute approximate surface area is 177 Å². The maximum Gasteiger partial charge on any atom is 0.338 e. The minimum absolute atomic E-state index is 0.384. The Morgan fingerprint density at radius 2 is 1.30 bits per heavy atom. The quantitative estimate of drug-likeness (QED) is 0.271. The molecule has 0 atom stereocenters. The number of hydrogen-bond donors (Lipinski definition) is 2. The summed E-state index contributed by atoms with van der Waals surface area (Å²) in [7, 11) is 0. The zero-order valence-corrected chi connectivity index (χ0v) is 17.1. The number of ether oxygens (including phenoxy) is 2. The molecule has 0 saturated carbocycles. The van der Waals surface area contributed by atoms with Gasteiger partial charge in [-0.05, 0) is 67.1 Å². The van der Waals surface area contributed by atoms with Gasteiger partial charge in [-0.3, -0.25) is 0 Å². The van der Waals surface area contributed by atoms with Crippen molar-refractivity contribution >= 4 is 17.3 Å². The van der Waals surface area contributed by atoms with Gasteiger partial charge in [0.05, 0.1) is 18.8 Å². The molecule has 0 aliphatic rings. The average Bonchev–Trinajstić information content (AvgIpc) is 2.76. The van der Waals surface area contributed by atoms with E-state index in [0.29, 0.717) is 30.2 Å². The van der Waals surface area contributed by atoms with Gasteiger partial charge in [-0.1, -0.05) is 42.5 Å². The monoisotopic (exact) mass is 404 g/mol. The lowest BCUT2D eigenvalue weighted by Crippen LogP contribution is -2.08. The molecule has 3 rings (SSSR count). The van der Waals surface area contributed by atoms with Gasteiger partial charge in [-0.15, -0.1) is 0 Å². The number of nitrogens with two attached hydrogens (primary N) is 2. The molecule has 0 saturated heterocycles. The minimum Gasteiger partial charge on any atom is -0.494 e. The Hall–Kier alpha value is -3.47. The van der Waals surface area contributed by atoms with E-state index in [1.165, 1.54) is 11.1 Å². The summed E-state index contributed by atoms with van der Waals surface area (Å²) < 4.78 is 11.1. The smallest absolute Gasteiger partial charge is 0.338 e. The molecule has 0 bridgehead atoms. The van der Waals surface area contributed by atoms with Crippen LogP contribution in [-0.2, 0) is 4.74 Å². The van der Waals surface area contributed by atoms with Gasteiger partial charge < -0.3 is 20.9 Å². The number of carbonyl (C=O) groups is 1. The molecule has 30 heavy (non-hydrogen) atoms. The van der Waals surface area contributed by atoms with Crippen molar-refractivity contribution in [1.82, 2.24) is 0 Å². The zero-order valence-electron chi connectivity index (χ0n) is 17.1. The molecule has 0 aromatic heterocycles. The molecule has 0 fully saturated rings. The first-order chi connectivity index (χ1) is 14.6. The zero-order chi connectivity index (χ0) is 21.2. The largest absolute Gasteiger partial charge is 0.494 e. The highest BCUT2D eigenvalue weighted by Gasteiger charge is 2.08. The van der Waals surface area contributed by atoms with E-state index in [-0.39, 0.29) is 0 Å². The first-order valence-corrected chi connectivity index (χ1v) is 10.2. The van der Waals surface area contributed by atoms with E-state index in [1.807, 2.05) is 30.3 Å². The van der Waals surface area contributed by atoms with Crippen LogP contribution >= 0.6 is 0 Å². The second kappa shape index (κ2) is 10.9. The van der Waals surface area contributed by atoms with Crippen LogP contribution in [0.15, 0.2) is 72.8 Å². The van der Waals surface area contributed by atoms with Crippen molar-refractivity contribution in [3.05, 3.63) is 78.4 Å². The van der Waals surface area contributed by atoms with Crippen LogP contribution in [0, 0.1) is 0 Å². The van der Waals surface area contributed by atoms with Gasteiger partial charge in [0, 0.05) is 11.4 Å². The molecule has 5 heteroatoms. The number of anilines is 2. The van der Waals surface area contributed by atoms with Crippen LogP contribution in [-0.4, -0.2) is 19.2 Å². The first-order valence-electron chi connectivity index (χ1n) is 10.2. The number of carbonyl (C=O) groups excluding carboxylic acids is 1. The molecular weight excluding hydrogens is 376 g/mol. The Morgan fingerprint density at radius 1 is 0.700 bits per heavy atom. The Balaban J connectivity index is 1.27. The molecule has 0 aliphatic carbocycles. The molecule has 0 unspecified atom stereocenters. The Morgan fingerprint density at radius 3 is 1.97 bits per heavy atom. The van der Waals surface area contributed by atoms with Crippen molar-refractivity contribution in [2.75, 3.05) is 24.7 Å². The molecule has 156 valence electrons. The van der Waals surface area contributed by atoms with Crippen molar-refractivity contribution in [1.29, 1.82) is 0 Å². The second-order valence-electron chi connectivity index (χ2n) is 7.18. The normalized spacial score (nSPS) is 10.5. The summed E-state index contributed by atoms with van der Waals surface area (Å²) in [5, 5.41) is 0. The van der Waals surface area contributed by atoms with Crippen molar-refractivity contribution in [2.24, 2.45) is 0 Å². The second-order valence-corrected chi connectivity index (χ2v) is 7.18. The highest BCUT2D eigenvalue weighted by atomic mass is 16.5. The van der Waals surface area contributed by atoms with Crippen LogP contribution in [0.3, 0.4) is 0 Å². The standard InChI is InChI=1S/C25H28N2O3/c26-22-16-21(17-23(27)18-22)25(28)30-15-7-2-1-6-14-29-24-12-10-20(11-13-24)19-8-4-3-5-9-19/h3-5,8-13,16-18H,1-2,6-7,14-15,26-27H2. The Bertz CT molecular complexity index is 920. The maximum atomic E-state index is 12.0. The van der Waals surface area contributed by atoms with E-state index in [1.54, 1.807) is 18.2 Å². The fraction of sp³-hybridized carbons (Fsp3) is 0.240. The summed E-state index contributed by atoms with van der Waals surface area (Å²) in [5.41, 5.74) is 15.1. The summed E-state index contributed by atoms with van der Waals surface area (Å²) in [6, 6.07) is 23.2. The van der Waals surface area contributed by atoms with Gasteiger partial charge in [0.25, 0.3) is 0 Å². The fourth-order valence-corrected chi connectivity index (χ4v) is 3.16. The van der Waals surface area contributed by atoms with Crippen molar-refractivity contribution in [3.63, 3.8) is 0 Å². The van der Waals surface area contributed by atoms with Crippen LogP contribution in [0.2, 0.25) is 0 Å². The molecule has 3 aromatic carbocycles. The van der Waals surface area contributed by atoms with E-state index in [9.17, 15) is 4.79 Å². The van der Waals surface area contributed by atoms with Crippen LogP contribution in [0.25, 0.3) is 11.1 Å². The SMILES string of the molecule is Nc1cc(N)cc(C(=O)OCCCCCCOc2ccc(-c3ccccc3)cc2)c1. The van der Waals surface area contributed by atoms with Gasteiger partial charge >= 0.3 is 5.97 Å². The molecule has 5 nitrogen and oxygen atoms in total. The molecule has 4 N–H and O–H groups in total. The van der Waals surface area contributed by atoms with Gasteiger partial charge in [0.15, 0.2) is 0 Å². The summed E-state index contributed by atoms with van der Waals surface area (Å²) in [6.45, 7) is 1.06. The number of nitrogen functional groups attached to an aromatic ring is 2. The van der Waals surface area contributed by atoms with Crippen molar-refractivity contribution in [3.8, 4) is 16.9 Å². The highest BCUT2D eigenvalue weighted by molar-refractivity contribution is 5.91. The summed E-state index contributed by atoms with van der Waals surface area (Å²) in [5.74, 6) is 0.487. The molecule has 0 spiro atoms. The number of hydrogen-bond acceptors (Lipinski definition) is 5. The topological polar surface area (TPSA) is 87.6 Å². The third-order valence-corrected chi connectivity index (χ3v) is 4.72. The molecular formula is C25H28N2O3. The van der Waals surface area contributed by atoms with E-state index in [4.69, 9.17) is 20.9 Å². The fourth-order valence-electron chi connectivity index (χ4n) is 3.16. The predicted octanol–water partition coefficient (Wildman–Crippen LogP) is 5.31. The van der Waals surface area contributed by atoms with Gasteiger partial charge in [-0.25, -0.2) is 4.79 Å².